The summed E-state index contributed by atoms with van der Waals surface area (Å²) < 4.78 is 1.76. The van der Waals surface area contributed by atoms with Gasteiger partial charge in [0.05, 0.1) is 22.7 Å². The van der Waals surface area contributed by atoms with E-state index in [-0.39, 0.29) is 11.1 Å². The molecule has 0 amide bonds. The Morgan fingerprint density at radius 2 is 2.09 bits per heavy atom. The molecule has 116 valence electrons. The Labute approximate surface area is 134 Å². The van der Waals surface area contributed by atoms with Gasteiger partial charge in [-0.05, 0) is 29.2 Å². The summed E-state index contributed by atoms with van der Waals surface area (Å²) in [6.07, 6.45) is 3.27. The topological polar surface area (TPSA) is 74.5 Å². The molecule has 23 heavy (non-hydrogen) atoms. The number of nitrogens with zero attached hydrogens (tertiary/aromatic N) is 3. The molecule has 0 saturated carbocycles. The van der Waals surface area contributed by atoms with Gasteiger partial charge in [0.15, 0.2) is 0 Å². The van der Waals surface area contributed by atoms with Crippen molar-refractivity contribution in [1.82, 2.24) is 14.5 Å². The third kappa shape index (κ3) is 2.88. The molecule has 0 aliphatic heterocycles. The molecule has 2 aromatic heterocycles. The Hall–Kier alpha value is -2.87. The van der Waals surface area contributed by atoms with Gasteiger partial charge in [0.1, 0.15) is 0 Å². The van der Waals surface area contributed by atoms with Gasteiger partial charge < -0.3 is 4.98 Å². The number of benzene rings is 1. The SMILES string of the molecule is CC(C)(C)Cn1c(=O)[nH]c2cc(-c3cnccc3C#N)ccc21. The summed E-state index contributed by atoms with van der Waals surface area (Å²) in [4.78, 5) is 19.2. The summed E-state index contributed by atoms with van der Waals surface area (Å²) in [5.41, 5.74) is 3.73. The zero-order valence-corrected chi connectivity index (χ0v) is 13.4. The first-order chi connectivity index (χ1) is 10.9. The summed E-state index contributed by atoms with van der Waals surface area (Å²) >= 11 is 0. The van der Waals surface area contributed by atoms with E-state index in [0.29, 0.717) is 12.1 Å². The second-order valence-electron chi connectivity index (χ2n) is 6.84. The van der Waals surface area contributed by atoms with Crippen LogP contribution in [0.2, 0.25) is 0 Å². The van der Waals surface area contributed by atoms with Crippen molar-refractivity contribution in [3.63, 3.8) is 0 Å². The van der Waals surface area contributed by atoms with Crippen molar-refractivity contribution in [2.75, 3.05) is 0 Å². The highest BCUT2D eigenvalue weighted by atomic mass is 16.1. The Kier molecular flexibility index (Phi) is 3.53. The number of aromatic nitrogens is 3. The highest BCUT2D eigenvalue weighted by Crippen LogP contribution is 2.26. The predicted molar refractivity (Wildman–Crippen MR) is 90.0 cm³/mol. The number of imidazole rings is 1. The van der Waals surface area contributed by atoms with Gasteiger partial charge >= 0.3 is 5.69 Å². The number of nitriles is 1. The van der Waals surface area contributed by atoms with E-state index in [0.717, 1.165) is 22.2 Å². The fourth-order valence-electron chi connectivity index (χ4n) is 2.68. The third-order valence-electron chi connectivity index (χ3n) is 3.66. The van der Waals surface area contributed by atoms with E-state index in [4.69, 9.17) is 0 Å². The number of fused-ring (bicyclic) bond motifs is 1. The number of pyridine rings is 1. The maximum Gasteiger partial charge on any atom is 0.326 e. The molecule has 0 fully saturated rings. The highest BCUT2D eigenvalue weighted by Gasteiger charge is 2.16. The van der Waals surface area contributed by atoms with Crippen LogP contribution in [0.3, 0.4) is 0 Å². The van der Waals surface area contributed by atoms with E-state index in [1.807, 2.05) is 18.2 Å². The molecule has 5 nitrogen and oxygen atoms in total. The summed E-state index contributed by atoms with van der Waals surface area (Å²) in [7, 11) is 0. The lowest BCUT2D eigenvalue weighted by molar-refractivity contribution is 0.344. The van der Waals surface area contributed by atoms with Crippen molar-refractivity contribution < 1.29 is 0 Å². The molecule has 0 bridgehead atoms. The lowest BCUT2D eigenvalue weighted by Crippen LogP contribution is -2.24. The number of H-pyrrole nitrogens is 1. The number of aromatic amines is 1. The Bertz CT molecular complexity index is 967. The predicted octanol–water partition coefficient (Wildman–Crippen LogP) is 3.31. The van der Waals surface area contributed by atoms with Gasteiger partial charge in [-0.1, -0.05) is 26.8 Å². The fraction of sp³-hybridized carbons (Fsp3) is 0.278. The van der Waals surface area contributed by atoms with Gasteiger partial charge in [-0.3, -0.25) is 9.55 Å². The average Bonchev–Trinajstić information content (AvgIpc) is 2.80. The molecule has 3 aromatic rings. The molecule has 5 heteroatoms. The first-order valence-corrected chi connectivity index (χ1v) is 7.46. The van der Waals surface area contributed by atoms with Crippen molar-refractivity contribution in [1.29, 1.82) is 5.26 Å². The van der Waals surface area contributed by atoms with E-state index in [9.17, 15) is 10.1 Å². The monoisotopic (exact) mass is 306 g/mol. The van der Waals surface area contributed by atoms with Crippen molar-refractivity contribution in [3.05, 3.63) is 52.7 Å². The minimum atomic E-state index is -0.112. The van der Waals surface area contributed by atoms with Crippen molar-refractivity contribution in [2.45, 2.75) is 27.3 Å². The molecule has 3 rings (SSSR count). The minimum Gasteiger partial charge on any atom is -0.306 e. The smallest absolute Gasteiger partial charge is 0.306 e. The highest BCUT2D eigenvalue weighted by molar-refractivity contribution is 5.83. The third-order valence-corrected chi connectivity index (χ3v) is 3.66. The van der Waals surface area contributed by atoms with Gasteiger partial charge in [0.2, 0.25) is 0 Å². The molecule has 1 aromatic carbocycles. The zero-order chi connectivity index (χ0) is 16.6. The Morgan fingerprint density at radius 3 is 2.78 bits per heavy atom. The second-order valence-corrected chi connectivity index (χ2v) is 6.84. The van der Waals surface area contributed by atoms with Crippen LogP contribution in [0.5, 0.6) is 0 Å². The van der Waals surface area contributed by atoms with Crippen LogP contribution in [0.25, 0.3) is 22.2 Å². The average molecular weight is 306 g/mol. The quantitative estimate of drug-likeness (QED) is 0.789. The molecule has 0 spiro atoms. The normalized spacial score (nSPS) is 11.6. The largest absolute Gasteiger partial charge is 0.326 e. The molecule has 0 aliphatic rings. The minimum absolute atomic E-state index is 0.00888. The van der Waals surface area contributed by atoms with E-state index in [1.165, 1.54) is 0 Å². The molecule has 2 heterocycles. The van der Waals surface area contributed by atoms with Crippen LogP contribution in [-0.2, 0) is 6.54 Å². The van der Waals surface area contributed by atoms with E-state index < -0.39 is 0 Å². The van der Waals surface area contributed by atoms with Gasteiger partial charge in [-0.25, -0.2) is 4.79 Å². The summed E-state index contributed by atoms with van der Waals surface area (Å²) in [6.45, 7) is 6.94. The number of nitrogens with one attached hydrogen (secondary N) is 1. The van der Waals surface area contributed by atoms with E-state index >= 15 is 0 Å². The lowest BCUT2D eigenvalue weighted by atomic mass is 9.97. The van der Waals surface area contributed by atoms with Gasteiger partial charge in [-0.2, -0.15) is 5.26 Å². The lowest BCUT2D eigenvalue weighted by Gasteiger charge is -2.18. The van der Waals surface area contributed by atoms with Gasteiger partial charge in [0.25, 0.3) is 0 Å². The van der Waals surface area contributed by atoms with Gasteiger partial charge in [0, 0.05) is 24.5 Å². The fourth-order valence-corrected chi connectivity index (χ4v) is 2.68. The van der Waals surface area contributed by atoms with Crippen molar-refractivity contribution >= 4 is 11.0 Å². The zero-order valence-electron chi connectivity index (χ0n) is 13.4. The van der Waals surface area contributed by atoms with Crippen LogP contribution in [0.4, 0.5) is 0 Å². The van der Waals surface area contributed by atoms with Crippen LogP contribution >= 0.6 is 0 Å². The molecule has 0 aliphatic carbocycles. The number of hydrogen-bond acceptors (Lipinski definition) is 3. The van der Waals surface area contributed by atoms with Crippen molar-refractivity contribution in [3.8, 4) is 17.2 Å². The number of hydrogen-bond donors (Lipinski definition) is 1. The molecular formula is C18H18N4O. The summed E-state index contributed by atoms with van der Waals surface area (Å²) in [5, 5.41) is 9.23. The molecule has 0 atom stereocenters. The van der Waals surface area contributed by atoms with Crippen molar-refractivity contribution in [2.24, 2.45) is 5.41 Å². The first kappa shape index (κ1) is 15.0. The van der Waals surface area contributed by atoms with Crippen LogP contribution in [0, 0.1) is 16.7 Å². The molecule has 0 radical (unpaired) electrons. The maximum absolute atomic E-state index is 12.2. The molecule has 0 unspecified atom stereocenters. The molecule has 0 saturated heterocycles. The Balaban J connectivity index is 2.15. The van der Waals surface area contributed by atoms with E-state index in [1.54, 1.807) is 23.0 Å². The molecule has 1 N–H and O–H groups in total. The van der Waals surface area contributed by atoms with Gasteiger partial charge in [-0.15, -0.1) is 0 Å². The van der Waals surface area contributed by atoms with Crippen LogP contribution in [-0.4, -0.2) is 14.5 Å². The summed E-state index contributed by atoms with van der Waals surface area (Å²) in [5.74, 6) is 0. The standard InChI is InChI=1S/C18H18N4O/c1-18(2,3)11-22-16-5-4-12(8-15(16)21-17(22)23)14-10-20-7-6-13(14)9-19/h4-8,10H,11H2,1-3H3,(H,21,23). The summed E-state index contributed by atoms with van der Waals surface area (Å²) in [6, 6.07) is 9.60. The Morgan fingerprint density at radius 1 is 1.30 bits per heavy atom. The van der Waals surface area contributed by atoms with E-state index in [2.05, 4.69) is 36.8 Å². The maximum atomic E-state index is 12.2. The van der Waals surface area contributed by atoms with Crippen LogP contribution < -0.4 is 5.69 Å². The van der Waals surface area contributed by atoms with Crippen LogP contribution in [0.1, 0.15) is 26.3 Å². The molecular weight excluding hydrogens is 288 g/mol. The first-order valence-electron chi connectivity index (χ1n) is 7.46. The second kappa shape index (κ2) is 5.40. The van der Waals surface area contributed by atoms with Crippen LogP contribution in [0.15, 0.2) is 41.5 Å². The number of rotatable bonds is 2.